The predicted molar refractivity (Wildman–Crippen MR) is 152 cm³/mol. The molecule has 1 aromatic heterocycles. The maximum absolute atomic E-state index is 13.5. The second kappa shape index (κ2) is 12.4. The number of esters is 2. The number of hydrogen-bond donors (Lipinski definition) is 2. The lowest BCUT2D eigenvalue weighted by molar-refractivity contribution is -0.194. The van der Waals surface area contributed by atoms with Crippen LogP contribution in [0.1, 0.15) is 58.2 Å². The molecule has 0 bridgehead atoms. The minimum atomic E-state index is -1.69. The van der Waals surface area contributed by atoms with Crippen molar-refractivity contribution in [2.24, 2.45) is 0 Å². The zero-order valence-electron chi connectivity index (χ0n) is 24.5. The van der Waals surface area contributed by atoms with Gasteiger partial charge in [0.2, 0.25) is 5.91 Å². The highest BCUT2D eigenvalue weighted by Gasteiger charge is 2.66. The highest BCUT2D eigenvalue weighted by molar-refractivity contribution is 8.00. The number of rotatable bonds is 9. The third-order valence-electron chi connectivity index (χ3n) is 5.66. The Hall–Kier alpha value is -3.10. The molecule has 3 amide bonds. The molecule has 12 nitrogen and oxygen atoms in total. The molecule has 1 aromatic rings. The van der Waals surface area contributed by atoms with Gasteiger partial charge >= 0.3 is 18.0 Å². The van der Waals surface area contributed by atoms with Crippen molar-refractivity contribution in [3.63, 3.8) is 0 Å². The third kappa shape index (κ3) is 8.01. The number of hydrogen-bond acceptors (Lipinski definition) is 11. The van der Waals surface area contributed by atoms with Crippen LogP contribution in [0.25, 0.3) is 0 Å². The van der Waals surface area contributed by atoms with E-state index < -0.39 is 52.1 Å². The zero-order valence-corrected chi connectivity index (χ0v) is 26.1. The second-order valence-electron chi connectivity index (χ2n) is 11.5. The Bertz CT molecular complexity index is 1250. The summed E-state index contributed by atoms with van der Waals surface area (Å²) in [6.45, 7) is 11.7. The van der Waals surface area contributed by atoms with Crippen molar-refractivity contribution in [1.82, 2.24) is 15.5 Å². The average molecular weight is 612 g/mol. The van der Waals surface area contributed by atoms with E-state index in [1.807, 2.05) is 0 Å². The predicted octanol–water partition coefficient (Wildman–Crippen LogP) is 2.85. The highest BCUT2D eigenvalue weighted by Crippen LogP contribution is 2.47. The van der Waals surface area contributed by atoms with Gasteiger partial charge in [-0.15, -0.1) is 23.1 Å². The first-order valence-electron chi connectivity index (χ1n) is 12.9. The van der Waals surface area contributed by atoms with Gasteiger partial charge in [0.15, 0.2) is 0 Å². The SMILES string of the molecule is CO[C@@]1(NC(=O)Cc2ccc(CNC(=O)OC(C)(C)C)s2)C(=O)N2C(C(=O)OC(C)(C)C)=C(COC(C)=O)CS[C@H]21. The molecular weight excluding hydrogens is 574 g/mol. The van der Waals surface area contributed by atoms with Crippen molar-refractivity contribution in [2.45, 2.75) is 83.7 Å². The largest absolute Gasteiger partial charge is 0.461 e. The monoisotopic (exact) mass is 611 g/mol. The van der Waals surface area contributed by atoms with Gasteiger partial charge < -0.3 is 29.6 Å². The zero-order chi connectivity index (χ0) is 30.8. The summed E-state index contributed by atoms with van der Waals surface area (Å²) in [6, 6.07) is 3.57. The Morgan fingerprint density at radius 3 is 2.27 bits per heavy atom. The number of methoxy groups -OCH3 is 1. The highest BCUT2D eigenvalue weighted by atomic mass is 32.2. The number of alkyl carbamates (subject to hydrolysis) is 1. The molecule has 2 aliphatic rings. The first kappa shape index (κ1) is 32.4. The van der Waals surface area contributed by atoms with E-state index in [1.54, 1.807) is 53.7 Å². The smallest absolute Gasteiger partial charge is 0.407 e. The van der Waals surface area contributed by atoms with Gasteiger partial charge in [0.25, 0.3) is 11.6 Å². The molecule has 3 heterocycles. The van der Waals surface area contributed by atoms with Crippen molar-refractivity contribution in [1.29, 1.82) is 0 Å². The fraction of sp³-hybridized carbons (Fsp3) is 0.593. The van der Waals surface area contributed by atoms with Gasteiger partial charge in [-0.2, -0.15) is 0 Å². The summed E-state index contributed by atoms with van der Waals surface area (Å²) in [5.74, 6) is -2.11. The normalized spacial score (nSPS) is 20.5. The Morgan fingerprint density at radius 2 is 1.68 bits per heavy atom. The van der Waals surface area contributed by atoms with E-state index in [9.17, 15) is 24.0 Å². The quantitative estimate of drug-likeness (QED) is 0.185. The van der Waals surface area contributed by atoms with Gasteiger partial charge in [0, 0.05) is 35.1 Å². The molecular formula is C27H37N3O9S2. The molecule has 2 N–H and O–H groups in total. The number of nitrogens with zero attached hydrogens (tertiary/aromatic N) is 1. The molecule has 0 aliphatic carbocycles. The number of β-lactam (4-membered cyclic amide) rings is 1. The average Bonchev–Trinajstić information content (AvgIpc) is 3.28. The van der Waals surface area contributed by atoms with Crippen molar-refractivity contribution in [3.8, 4) is 0 Å². The molecule has 14 heteroatoms. The van der Waals surface area contributed by atoms with Crippen LogP contribution in [0.3, 0.4) is 0 Å². The lowest BCUT2D eigenvalue weighted by Gasteiger charge is -2.56. The van der Waals surface area contributed by atoms with E-state index >= 15 is 0 Å². The van der Waals surface area contributed by atoms with E-state index in [2.05, 4.69) is 10.6 Å². The summed E-state index contributed by atoms with van der Waals surface area (Å²) < 4.78 is 21.5. The summed E-state index contributed by atoms with van der Waals surface area (Å²) in [6.07, 6.45) is -0.569. The summed E-state index contributed by atoms with van der Waals surface area (Å²) in [4.78, 5) is 65.8. The molecule has 2 aliphatic heterocycles. The second-order valence-corrected chi connectivity index (χ2v) is 13.8. The van der Waals surface area contributed by atoms with Crippen LogP contribution in [0.2, 0.25) is 0 Å². The fourth-order valence-electron chi connectivity index (χ4n) is 4.05. The van der Waals surface area contributed by atoms with Crippen molar-refractivity contribution in [3.05, 3.63) is 33.2 Å². The standard InChI is InChI=1S/C27H37N3O9S2/c1-15(31)37-13-16-14-40-23-27(36-8,22(34)30(23)20(16)21(33)38-25(2,3)4)29-19(32)11-17-9-10-18(41-17)12-28-24(35)39-26(5,6)7/h9-10,23H,11-14H2,1-8H3,(H,28,35)(H,29,32)/t23-,27-/m0/s1. The van der Waals surface area contributed by atoms with Crippen molar-refractivity contribution in [2.75, 3.05) is 19.5 Å². The number of thiophene rings is 1. The number of ether oxygens (including phenoxy) is 4. The summed E-state index contributed by atoms with van der Waals surface area (Å²) in [5.41, 5.74) is -2.73. The maximum Gasteiger partial charge on any atom is 0.407 e. The van der Waals surface area contributed by atoms with Gasteiger partial charge in [0.05, 0.1) is 13.0 Å². The number of thioether (sulfide) groups is 1. The van der Waals surface area contributed by atoms with Crippen LogP contribution in [0, 0.1) is 0 Å². The molecule has 0 saturated carbocycles. The van der Waals surface area contributed by atoms with Crippen LogP contribution < -0.4 is 10.6 Å². The molecule has 41 heavy (non-hydrogen) atoms. The number of nitrogens with one attached hydrogen (secondary N) is 2. The van der Waals surface area contributed by atoms with E-state index in [4.69, 9.17) is 18.9 Å². The van der Waals surface area contributed by atoms with Gasteiger partial charge in [-0.05, 0) is 53.7 Å². The minimum absolute atomic E-state index is 0.0164. The van der Waals surface area contributed by atoms with E-state index in [-0.39, 0.29) is 31.0 Å². The molecule has 226 valence electrons. The van der Waals surface area contributed by atoms with Gasteiger partial charge in [0.1, 0.15) is 28.9 Å². The topological polar surface area (TPSA) is 150 Å². The third-order valence-corrected chi connectivity index (χ3v) is 8.12. The Kier molecular flexibility index (Phi) is 9.81. The van der Waals surface area contributed by atoms with Crippen LogP contribution in [0.15, 0.2) is 23.4 Å². The van der Waals surface area contributed by atoms with Gasteiger partial charge in [-0.25, -0.2) is 9.59 Å². The lowest BCUT2D eigenvalue weighted by Crippen LogP contribution is -2.80. The van der Waals surface area contributed by atoms with Crippen LogP contribution >= 0.6 is 23.1 Å². The Balaban J connectivity index is 1.71. The minimum Gasteiger partial charge on any atom is -0.461 e. The molecule has 0 radical (unpaired) electrons. The van der Waals surface area contributed by atoms with E-state index in [0.29, 0.717) is 10.5 Å². The molecule has 3 rings (SSSR count). The van der Waals surface area contributed by atoms with Gasteiger partial charge in [-0.1, -0.05) is 0 Å². The molecule has 0 spiro atoms. The summed E-state index contributed by atoms with van der Waals surface area (Å²) in [5, 5.41) is 4.65. The van der Waals surface area contributed by atoms with Crippen LogP contribution in [0.5, 0.6) is 0 Å². The van der Waals surface area contributed by atoms with Crippen LogP contribution in [-0.4, -0.2) is 76.5 Å². The molecule has 2 atom stereocenters. The fourth-order valence-corrected chi connectivity index (χ4v) is 6.43. The first-order chi connectivity index (χ1) is 19.0. The van der Waals surface area contributed by atoms with Crippen LogP contribution in [0.4, 0.5) is 4.79 Å². The Labute approximate surface area is 247 Å². The van der Waals surface area contributed by atoms with E-state index in [0.717, 1.165) is 4.88 Å². The molecule has 0 aromatic carbocycles. The molecule has 1 saturated heterocycles. The number of carbonyl (C=O) groups excluding carboxylic acids is 5. The van der Waals surface area contributed by atoms with Crippen molar-refractivity contribution < 1.29 is 42.9 Å². The lowest BCUT2D eigenvalue weighted by atomic mass is 9.97. The van der Waals surface area contributed by atoms with Crippen LogP contribution in [-0.2, 0) is 51.1 Å². The number of fused-ring (bicyclic) bond motifs is 1. The van der Waals surface area contributed by atoms with E-state index in [1.165, 1.54) is 42.0 Å². The summed E-state index contributed by atoms with van der Waals surface area (Å²) >= 11 is 2.61. The number of carbonyl (C=O) groups is 5. The summed E-state index contributed by atoms with van der Waals surface area (Å²) in [7, 11) is 1.31. The molecule has 0 unspecified atom stereocenters. The van der Waals surface area contributed by atoms with Gasteiger partial charge in [-0.3, -0.25) is 19.3 Å². The first-order valence-corrected chi connectivity index (χ1v) is 14.8. The maximum atomic E-state index is 13.5. The molecule has 1 fully saturated rings. The van der Waals surface area contributed by atoms with Crippen molar-refractivity contribution >= 4 is 52.9 Å². The Morgan fingerprint density at radius 1 is 1.05 bits per heavy atom. The number of amides is 3.